The minimum absolute atomic E-state index is 0.153. The molecule has 0 radical (unpaired) electrons. The third kappa shape index (κ3) is 23.1. The number of hydrogen-bond acceptors (Lipinski definition) is 10. The maximum absolute atomic E-state index is 13.3. The second-order valence-electron chi connectivity index (χ2n) is 18.5. The summed E-state index contributed by atoms with van der Waals surface area (Å²) in [4.78, 5) is 54.7. The molecule has 3 saturated heterocycles. The number of nitrogens with one attached hydrogen (secondary N) is 2. The van der Waals surface area contributed by atoms with E-state index >= 15 is 0 Å². The van der Waals surface area contributed by atoms with Crippen LogP contribution in [0.2, 0.25) is 0 Å². The van der Waals surface area contributed by atoms with Crippen molar-refractivity contribution in [3.63, 3.8) is 0 Å². The maximum Gasteiger partial charge on any atom is 0.410 e. The summed E-state index contributed by atoms with van der Waals surface area (Å²) in [5.74, 6) is -0.928. The molecule has 6 atom stereocenters. The van der Waals surface area contributed by atoms with Crippen LogP contribution in [0.4, 0.5) is 32.3 Å². The molecule has 3 aromatic rings. The van der Waals surface area contributed by atoms with Gasteiger partial charge in [-0.15, -0.1) is 0 Å². The fourth-order valence-corrected chi connectivity index (χ4v) is 7.34. The number of carbonyl (C=O) groups excluding carboxylic acids is 4. The van der Waals surface area contributed by atoms with Crippen molar-refractivity contribution in [1.29, 1.82) is 0 Å². The van der Waals surface area contributed by atoms with Gasteiger partial charge in [-0.05, 0) is 63.2 Å². The van der Waals surface area contributed by atoms with Crippen molar-refractivity contribution >= 4 is 47.0 Å². The van der Waals surface area contributed by atoms with Gasteiger partial charge in [0.05, 0.1) is 32.1 Å². The van der Waals surface area contributed by atoms with Crippen LogP contribution in [0, 0.1) is 17.8 Å². The molecule has 0 aliphatic carbocycles. The normalized spacial score (nSPS) is 20.7. The third-order valence-electron chi connectivity index (χ3n) is 10.6. The second-order valence-corrected chi connectivity index (χ2v) is 18.5. The summed E-state index contributed by atoms with van der Waals surface area (Å²) < 4.78 is 59.9. The summed E-state index contributed by atoms with van der Waals surface area (Å²) >= 11 is 2.15. The van der Waals surface area contributed by atoms with Gasteiger partial charge in [-0.25, -0.2) is 19.2 Å². The van der Waals surface area contributed by atoms with E-state index < -0.39 is 67.6 Å². The summed E-state index contributed by atoms with van der Waals surface area (Å²) in [5, 5.41) is 5.45. The van der Waals surface area contributed by atoms with Gasteiger partial charge in [-0.1, -0.05) is 127 Å². The molecule has 0 bridgehead atoms. The average Bonchev–Trinajstić information content (AvgIpc) is 4.04. The zero-order chi connectivity index (χ0) is 51.6. The molecule has 4 amide bonds. The minimum Gasteiger partial charge on any atom is -0.445 e. The number of benzene rings is 3. The Hall–Kier alpha value is -4.82. The molecule has 3 aliphatic heterocycles. The van der Waals surface area contributed by atoms with Crippen LogP contribution in [0.1, 0.15) is 72.1 Å². The molecule has 6 rings (SSSR count). The summed E-state index contributed by atoms with van der Waals surface area (Å²) in [5.41, 5.74) is 7.55. The highest BCUT2D eigenvalue weighted by Crippen LogP contribution is 2.23. The van der Waals surface area contributed by atoms with Crippen molar-refractivity contribution in [2.75, 3.05) is 64.2 Å². The monoisotopic (exact) mass is 1080 g/mol. The van der Waals surface area contributed by atoms with Crippen molar-refractivity contribution in [3.8, 4) is 0 Å². The Balaban J connectivity index is 0.000000346. The molecule has 0 aromatic heterocycles. The smallest absolute Gasteiger partial charge is 0.410 e. The van der Waals surface area contributed by atoms with E-state index in [4.69, 9.17) is 24.7 Å². The lowest BCUT2D eigenvalue weighted by atomic mass is 10.1. The van der Waals surface area contributed by atoms with Crippen LogP contribution in [0.5, 0.6) is 0 Å². The predicted molar refractivity (Wildman–Crippen MR) is 272 cm³/mol. The molecule has 14 nitrogen and oxygen atoms in total. The highest BCUT2D eigenvalue weighted by molar-refractivity contribution is 14.1. The molecule has 0 saturated carbocycles. The van der Waals surface area contributed by atoms with Gasteiger partial charge < -0.3 is 45.1 Å². The summed E-state index contributed by atoms with van der Waals surface area (Å²) in [6, 6.07) is 27.8. The molecule has 3 aromatic carbocycles. The highest BCUT2D eigenvalue weighted by Gasteiger charge is 2.38. The van der Waals surface area contributed by atoms with E-state index in [1.165, 1.54) is 15.4 Å². The SMILES string of the molecule is CC.CC(C)(C)OC(=O)N[C@H]1CN(C(=O)OCc2ccccc2)C[C@H]1CF.CC(C)(C)OC(=O)N[C@H]1CN(Cc2ccccc2)C[C@H]1CF.CI.N[C@H]1CN(C(=O)OCc2ccccc2)C[C@H]1CF. The van der Waals surface area contributed by atoms with Gasteiger partial charge in [0.1, 0.15) is 24.4 Å². The molecule has 4 N–H and O–H groups in total. The lowest BCUT2D eigenvalue weighted by Crippen LogP contribution is -2.44. The van der Waals surface area contributed by atoms with Crippen molar-refractivity contribution in [2.45, 2.75) is 104 Å². The fourth-order valence-electron chi connectivity index (χ4n) is 7.34. The Morgan fingerprint density at radius 2 is 0.928 bits per heavy atom. The molecular weight excluding hydrogens is 1010 g/mol. The van der Waals surface area contributed by atoms with Crippen LogP contribution in [0.25, 0.3) is 0 Å². The first-order valence-electron chi connectivity index (χ1n) is 23.3. The fraction of sp³-hybridized carbons (Fsp3) is 0.569. The van der Waals surface area contributed by atoms with Gasteiger partial charge in [0.15, 0.2) is 0 Å². The number of amides is 4. The largest absolute Gasteiger partial charge is 0.445 e. The first-order valence-corrected chi connectivity index (χ1v) is 25.5. The number of ether oxygens (including phenoxy) is 4. The number of nitrogens with zero attached hydrogens (tertiary/aromatic N) is 3. The van der Waals surface area contributed by atoms with E-state index in [1.807, 2.05) is 118 Å². The Labute approximate surface area is 421 Å². The topological polar surface area (TPSA) is 165 Å². The zero-order valence-electron chi connectivity index (χ0n) is 41.8. The van der Waals surface area contributed by atoms with Crippen LogP contribution in [-0.4, -0.2) is 133 Å². The van der Waals surface area contributed by atoms with E-state index in [-0.39, 0.29) is 50.2 Å². The summed E-state index contributed by atoms with van der Waals surface area (Å²) in [6.07, 6.45) is -2.03. The van der Waals surface area contributed by atoms with Crippen molar-refractivity contribution in [1.82, 2.24) is 25.3 Å². The van der Waals surface area contributed by atoms with Crippen molar-refractivity contribution in [3.05, 3.63) is 108 Å². The third-order valence-corrected chi connectivity index (χ3v) is 10.6. The lowest BCUT2D eigenvalue weighted by molar-refractivity contribution is 0.0480. The van der Waals surface area contributed by atoms with Gasteiger partial charge in [0.2, 0.25) is 0 Å². The Kier molecular flexibility index (Phi) is 27.5. The number of rotatable bonds is 11. The van der Waals surface area contributed by atoms with Crippen molar-refractivity contribution < 1.29 is 51.3 Å². The summed E-state index contributed by atoms with van der Waals surface area (Å²) in [6.45, 7) is 16.7. The van der Waals surface area contributed by atoms with Crippen LogP contribution in [0.3, 0.4) is 0 Å². The van der Waals surface area contributed by atoms with Gasteiger partial charge in [-0.3, -0.25) is 18.1 Å². The Morgan fingerprint density at radius 1 is 0.565 bits per heavy atom. The molecule has 0 spiro atoms. The molecule has 3 heterocycles. The highest BCUT2D eigenvalue weighted by atomic mass is 127. The Bertz CT molecular complexity index is 1920. The second kappa shape index (κ2) is 31.4. The molecule has 0 unspecified atom stereocenters. The first kappa shape index (κ1) is 60.3. The number of hydrogen-bond donors (Lipinski definition) is 3. The summed E-state index contributed by atoms with van der Waals surface area (Å²) in [7, 11) is 0. The maximum atomic E-state index is 13.3. The molecule has 386 valence electrons. The first-order chi connectivity index (χ1) is 32.9. The van der Waals surface area contributed by atoms with Crippen LogP contribution < -0.4 is 16.4 Å². The van der Waals surface area contributed by atoms with Crippen LogP contribution >= 0.6 is 22.6 Å². The predicted octanol–water partition coefficient (Wildman–Crippen LogP) is 9.73. The van der Waals surface area contributed by atoms with E-state index in [1.54, 1.807) is 20.8 Å². The molecule has 3 fully saturated rings. The molecular formula is C51H76F3IN6O8. The number of halogens is 4. The van der Waals surface area contributed by atoms with E-state index in [9.17, 15) is 32.3 Å². The van der Waals surface area contributed by atoms with Gasteiger partial charge in [0.25, 0.3) is 0 Å². The number of alkyl halides is 4. The van der Waals surface area contributed by atoms with Crippen molar-refractivity contribution in [2.24, 2.45) is 23.5 Å². The Morgan fingerprint density at radius 3 is 1.32 bits per heavy atom. The number of carbonyl (C=O) groups is 4. The molecule has 18 heteroatoms. The standard InChI is InChI=1S/C18H25FN2O4.C17H25FN2O2.C13H17FN2O2.C2H6.CH3I/c1-18(2,3)25-16(22)20-15-11-21(10-14(15)9-19)17(23)24-12-13-7-5-4-6-8-13;1-17(2,3)22-16(21)19-15-12-20(11-14(15)9-18)10-13-7-5-4-6-8-13;14-6-11-7-16(8-12(11)15)13(17)18-9-10-4-2-1-3-5-10;2*1-2/h4-8,14-15H,9-12H2,1-3H3,(H,20,22);4-8,14-15H,9-12H2,1-3H3,(H,19,21);1-5,11-12H,6-9,15H2;1-2H3;1H3/t2*14-,15+;11-,12+;;/m111../s1. The van der Waals surface area contributed by atoms with Gasteiger partial charge in [0, 0.05) is 69.6 Å². The van der Waals surface area contributed by atoms with E-state index in [0.29, 0.717) is 26.2 Å². The van der Waals surface area contributed by atoms with E-state index in [0.717, 1.165) is 17.7 Å². The van der Waals surface area contributed by atoms with Gasteiger partial charge in [-0.2, -0.15) is 0 Å². The molecule has 69 heavy (non-hydrogen) atoms. The van der Waals surface area contributed by atoms with Gasteiger partial charge >= 0.3 is 24.4 Å². The zero-order valence-corrected chi connectivity index (χ0v) is 44.0. The van der Waals surface area contributed by atoms with Crippen LogP contribution in [0.15, 0.2) is 91.0 Å². The molecule has 3 aliphatic rings. The number of nitrogens with two attached hydrogens (primary N) is 1. The lowest BCUT2D eigenvalue weighted by Gasteiger charge is -2.23. The quantitative estimate of drug-likeness (QED) is 0.0957. The average molecular weight is 1090 g/mol. The minimum atomic E-state index is -0.637. The number of alkyl carbamates (subject to hydrolysis) is 2. The van der Waals surface area contributed by atoms with Crippen LogP contribution in [-0.2, 0) is 38.7 Å². The van der Waals surface area contributed by atoms with E-state index in [2.05, 4.69) is 50.3 Å². The number of likely N-dealkylation sites (tertiary alicyclic amines) is 3.